The maximum atomic E-state index is 13.8. The number of benzene rings is 2. The highest BCUT2D eigenvalue weighted by atomic mass is 19.1. The Hall–Kier alpha value is -2.27. The van der Waals surface area contributed by atoms with Gasteiger partial charge in [0, 0.05) is 24.7 Å². The van der Waals surface area contributed by atoms with Gasteiger partial charge in [0.05, 0.1) is 14.2 Å². The molecule has 0 atom stereocenters. The van der Waals surface area contributed by atoms with E-state index < -0.39 is 5.82 Å². The predicted molar refractivity (Wildman–Crippen MR) is 73.9 cm³/mol. The Balaban J connectivity index is 2.29. The zero-order valence-electron chi connectivity index (χ0n) is 11.4. The Labute approximate surface area is 116 Å². The van der Waals surface area contributed by atoms with Crippen LogP contribution in [-0.4, -0.2) is 14.2 Å². The van der Waals surface area contributed by atoms with E-state index in [0.717, 1.165) is 0 Å². The van der Waals surface area contributed by atoms with Crippen LogP contribution in [0.15, 0.2) is 36.4 Å². The summed E-state index contributed by atoms with van der Waals surface area (Å²) in [4.78, 5) is 0. The first kappa shape index (κ1) is 14.1. The van der Waals surface area contributed by atoms with Gasteiger partial charge in [-0.1, -0.05) is 6.07 Å². The molecular formula is C15H16FNO3. The van der Waals surface area contributed by atoms with Crippen LogP contribution in [0.1, 0.15) is 5.56 Å². The molecule has 0 aliphatic heterocycles. The average molecular weight is 277 g/mol. The van der Waals surface area contributed by atoms with E-state index in [1.807, 2.05) is 0 Å². The van der Waals surface area contributed by atoms with E-state index in [2.05, 4.69) is 0 Å². The minimum atomic E-state index is -0.463. The fourth-order valence-electron chi connectivity index (χ4n) is 1.72. The van der Waals surface area contributed by atoms with Gasteiger partial charge in [0.15, 0.2) is 11.6 Å². The Bertz CT molecular complexity index is 579. The van der Waals surface area contributed by atoms with Crippen molar-refractivity contribution in [2.45, 2.75) is 6.54 Å². The molecule has 2 aromatic rings. The highest BCUT2D eigenvalue weighted by Crippen LogP contribution is 2.32. The highest BCUT2D eigenvalue weighted by Gasteiger charge is 2.08. The van der Waals surface area contributed by atoms with Gasteiger partial charge in [0.1, 0.15) is 17.2 Å². The van der Waals surface area contributed by atoms with Crippen LogP contribution < -0.4 is 19.9 Å². The number of methoxy groups -OCH3 is 2. The molecule has 0 saturated carbocycles. The molecule has 0 unspecified atom stereocenters. The molecule has 2 aromatic carbocycles. The largest absolute Gasteiger partial charge is 0.496 e. The van der Waals surface area contributed by atoms with Crippen molar-refractivity contribution in [2.75, 3.05) is 14.2 Å². The van der Waals surface area contributed by atoms with E-state index >= 15 is 0 Å². The lowest BCUT2D eigenvalue weighted by Gasteiger charge is -2.11. The summed E-state index contributed by atoms with van der Waals surface area (Å²) in [7, 11) is 3.07. The van der Waals surface area contributed by atoms with Gasteiger partial charge >= 0.3 is 0 Å². The van der Waals surface area contributed by atoms with Crippen LogP contribution in [0.5, 0.6) is 23.0 Å². The third-order valence-electron chi connectivity index (χ3n) is 2.78. The Morgan fingerprint density at radius 1 is 0.950 bits per heavy atom. The molecule has 2 rings (SSSR count). The molecule has 106 valence electrons. The van der Waals surface area contributed by atoms with Crippen molar-refractivity contribution in [3.8, 4) is 23.0 Å². The molecule has 20 heavy (non-hydrogen) atoms. The van der Waals surface area contributed by atoms with Gasteiger partial charge in [0.25, 0.3) is 0 Å². The van der Waals surface area contributed by atoms with Crippen LogP contribution in [0.25, 0.3) is 0 Å². The monoisotopic (exact) mass is 277 g/mol. The number of rotatable bonds is 5. The first-order valence-corrected chi connectivity index (χ1v) is 6.05. The van der Waals surface area contributed by atoms with E-state index in [-0.39, 0.29) is 12.3 Å². The first-order valence-electron chi connectivity index (χ1n) is 6.05. The molecular weight excluding hydrogens is 261 g/mol. The second kappa shape index (κ2) is 6.25. The molecule has 4 nitrogen and oxygen atoms in total. The summed E-state index contributed by atoms with van der Waals surface area (Å²) < 4.78 is 29.6. The van der Waals surface area contributed by atoms with Crippen molar-refractivity contribution in [1.29, 1.82) is 0 Å². The molecule has 2 N–H and O–H groups in total. The van der Waals surface area contributed by atoms with E-state index in [1.165, 1.54) is 20.3 Å². The van der Waals surface area contributed by atoms with E-state index in [4.69, 9.17) is 19.9 Å². The number of nitrogens with two attached hydrogens (primary N) is 1. The summed E-state index contributed by atoms with van der Waals surface area (Å²) in [6.07, 6.45) is 0. The quantitative estimate of drug-likeness (QED) is 0.912. The smallest absolute Gasteiger partial charge is 0.166 e. The van der Waals surface area contributed by atoms with Crippen LogP contribution in [0.3, 0.4) is 0 Å². The van der Waals surface area contributed by atoms with Gasteiger partial charge in [-0.15, -0.1) is 0 Å². The number of ether oxygens (including phenoxy) is 3. The molecule has 0 spiro atoms. The molecule has 0 radical (unpaired) electrons. The average Bonchev–Trinajstić information content (AvgIpc) is 2.48. The lowest BCUT2D eigenvalue weighted by atomic mass is 10.2. The van der Waals surface area contributed by atoms with Crippen LogP contribution in [-0.2, 0) is 6.54 Å². The van der Waals surface area contributed by atoms with Gasteiger partial charge in [-0.05, 0) is 17.7 Å². The lowest BCUT2D eigenvalue weighted by molar-refractivity contribution is 0.383. The van der Waals surface area contributed by atoms with E-state index in [0.29, 0.717) is 22.8 Å². The maximum Gasteiger partial charge on any atom is 0.166 e. The first-order chi connectivity index (χ1) is 9.66. The van der Waals surface area contributed by atoms with E-state index in [9.17, 15) is 4.39 Å². The third-order valence-corrected chi connectivity index (χ3v) is 2.78. The molecule has 0 saturated heterocycles. The van der Waals surface area contributed by atoms with Gasteiger partial charge in [0.2, 0.25) is 0 Å². The summed E-state index contributed by atoms with van der Waals surface area (Å²) >= 11 is 0. The summed E-state index contributed by atoms with van der Waals surface area (Å²) in [6.45, 7) is 0.282. The maximum absolute atomic E-state index is 13.8. The topological polar surface area (TPSA) is 53.7 Å². The second-order valence-electron chi connectivity index (χ2n) is 4.12. The standard InChI is InChI=1S/C15H16FNO3/c1-18-11-6-12(19-2)8-13(7-11)20-15-4-3-10(9-17)5-14(15)16/h3-8H,9,17H2,1-2H3. The molecule has 0 aliphatic carbocycles. The molecule has 0 bridgehead atoms. The van der Waals surface area contributed by atoms with Gasteiger partial charge < -0.3 is 19.9 Å². The normalized spacial score (nSPS) is 10.2. The summed E-state index contributed by atoms with van der Waals surface area (Å²) in [5.41, 5.74) is 6.16. The molecule has 5 heteroatoms. The number of hydrogen-bond donors (Lipinski definition) is 1. The number of hydrogen-bond acceptors (Lipinski definition) is 4. The van der Waals surface area contributed by atoms with Crippen LogP contribution in [0.2, 0.25) is 0 Å². The van der Waals surface area contributed by atoms with Crippen LogP contribution in [0, 0.1) is 5.82 Å². The van der Waals surface area contributed by atoms with Gasteiger partial charge in [-0.2, -0.15) is 0 Å². The lowest BCUT2D eigenvalue weighted by Crippen LogP contribution is -1.98. The summed E-state index contributed by atoms with van der Waals surface area (Å²) in [5, 5.41) is 0. The van der Waals surface area contributed by atoms with Crippen molar-refractivity contribution in [3.05, 3.63) is 47.8 Å². The van der Waals surface area contributed by atoms with Crippen LogP contribution >= 0.6 is 0 Å². The van der Waals surface area contributed by atoms with Gasteiger partial charge in [-0.25, -0.2) is 4.39 Å². The van der Waals surface area contributed by atoms with Crippen molar-refractivity contribution in [1.82, 2.24) is 0 Å². The predicted octanol–water partition coefficient (Wildman–Crippen LogP) is 3.09. The summed E-state index contributed by atoms with van der Waals surface area (Å²) in [6, 6.07) is 9.63. The minimum Gasteiger partial charge on any atom is -0.496 e. The Kier molecular flexibility index (Phi) is 4.42. The molecule has 0 amide bonds. The molecule has 0 aromatic heterocycles. The zero-order valence-corrected chi connectivity index (χ0v) is 11.4. The highest BCUT2D eigenvalue weighted by molar-refractivity contribution is 5.44. The SMILES string of the molecule is COc1cc(OC)cc(Oc2ccc(CN)cc2F)c1. The van der Waals surface area contributed by atoms with Crippen molar-refractivity contribution in [2.24, 2.45) is 5.73 Å². The Morgan fingerprint density at radius 3 is 2.05 bits per heavy atom. The third kappa shape index (κ3) is 3.19. The fraction of sp³-hybridized carbons (Fsp3) is 0.200. The number of halogens is 1. The molecule has 0 aliphatic rings. The fourth-order valence-corrected chi connectivity index (χ4v) is 1.72. The van der Waals surface area contributed by atoms with Gasteiger partial charge in [-0.3, -0.25) is 0 Å². The minimum absolute atomic E-state index is 0.123. The molecule has 0 heterocycles. The van der Waals surface area contributed by atoms with Crippen molar-refractivity contribution in [3.63, 3.8) is 0 Å². The Morgan fingerprint density at radius 2 is 1.55 bits per heavy atom. The zero-order chi connectivity index (χ0) is 14.5. The van der Waals surface area contributed by atoms with Crippen LogP contribution in [0.4, 0.5) is 4.39 Å². The van der Waals surface area contributed by atoms with Crippen molar-refractivity contribution >= 4 is 0 Å². The summed E-state index contributed by atoms with van der Waals surface area (Å²) in [5.74, 6) is 1.23. The second-order valence-corrected chi connectivity index (χ2v) is 4.12. The molecule has 0 fully saturated rings. The van der Waals surface area contributed by atoms with E-state index in [1.54, 1.807) is 30.3 Å². The van der Waals surface area contributed by atoms with Crippen molar-refractivity contribution < 1.29 is 18.6 Å².